The summed E-state index contributed by atoms with van der Waals surface area (Å²) in [6, 6.07) is 0. The van der Waals surface area contributed by atoms with Crippen molar-refractivity contribution < 1.29 is 14.6 Å². The van der Waals surface area contributed by atoms with E-state index < -0.39 is 5.54 Å². The van der Waals surface area contributed by atoms with Gasteiger partial charge in [-0.1, -0.05) is 27.7 Å². The molecule has 3 atom stereocenters. The van der Waals surface area contributed by atoms with Gasteiger partial charge in [0, 0.05) is 31.1 Å². The van der Waals surface area contributed by atoms with Gasteiger partial charge < -0.3 is 20.9 Å². The average Bonchev–Trinajstić information content (AvgIpc) is 2.90. The molecule has 0 aromatic heterocycles. The third kappa shape index (κ3) is 2.60. The Kier molecular flexibility index (Phi) is 4.40. The van der Waals surface area contributed by atoms with Gasteiger partial charge in [0.2, 0.25) is 5.91 Å². The predicted molar refractivity (Wildman–Crippen MR) is 81.7 cm³/mol. The Morgan fingerprint density at radius 1 is 1.48 bits per heavy atom. The number of nitrogens with one attached hydrogen (secondary N) is 1. The van der Waals surface area contributed by atoms with Crippen LogP contribution in [0.1, 0.15) is 47.0 Å². The number of ether oxygens (including phenoxy) is 1. The molecular formula is C16H30N2O3. The topological polar surface area (TPSA) is 84.6 Å². The second-order valence-corrected chi connectivity index (χ2v) is 7.95. The molecule has 0 aromatic rings. The molecule has 2 fully saturated rings. The fraction of sp³-hybridized carbons (Fsp3) is 0.938. The third-order valence-corrected chi connectivity index (χ3v) is 5.57. The highest BCUT2D eigenvalue weighted by atomic mass is 16.5. The quantitative estimate of drug-likeness (QED) is 0.684. The van der Waals surface area contributed by atoms with E-state index in [1.807, 2.05) is 13.8 Å². The Hall–Kier alpha value is -0.650. The van der Waals surface area contributed by atoms with Crippen LogP contribution in [0.5, 0.6) is 0 Å². The van der Waals surface area contributed by atoms with E-state index in [0.717, 1.165) is 19.3 Å². The lowest BCUT2D eigenvalue weighted by Gasteiger charge is -2.60. The molecule has 21 heavy (non-hydrogen) atoms. The Morgan fingerprint density at radius 2 is 2.14 bits per heavy atom. The summed E-state index contributed by atoms with van der Waals surface area (Å²) in [4.78, 5) is 12.7. The lowest BCUT2D eigenvalue weighted by Crippen LogP contribution is -2.80. The van der Waals surface area contributed by atoms with E-state index in [4.69, 9.17) is 15.6 Å². The van der Waals surface area contributed by atoms with Crippen LogP contribution in [0.15, 0.2) is 0 Å². The van der Waals surface area contributed by atoms with Crippen molar-refractivity contribution in [2.24, 2.45) is 22.5 Å². The summed E-state index contributed by atoms with van der Waals surface area (Å²) in [6.07, 6.45) is 2.60. The Balaban J connectivity index is 1.97. The molecule has 1 aliphatic carbocycles. The molecule has 1 aliphatic heterocycles. The van der Waals surface area contributed by atoms with E-state index in [0.29, 0.717) is 13.2 Å². The Labute approximate surface area is 127 Å². The molecule has 2 aliphatic rings. The first-order valence-corrected chi connectivity index (χ1v) is 7.96. The van der Waals surface area contributed by atoms with Crippen molar-refractivity contribution in [1.82, 2.24) is 5.32 Å². The largest absolute Gasteiger partial charge is 0.396 e. The van der Waals surface area contributed by atoms with Crippen LogP contribution in [-0.2, 0) is 9.53 Å². The minimum atomic E-state index is -0.832. The zero-order valence-electron chi connectivity index (χ0n) is 13.7. The van der Waals surface area contributed by atoms with E-state index in [1.165, 1.54) is 0 Å². The number of fused-ring (bicyclic) bond motifs is 1. The molecule has 122 valence electrons. The van der Waals surface area contributed by atoms with Gasteiger partial charge in [-0.15, -0.1) is 0 Å². The first-order chi connectivity index (χ1) is 9.67. The molecule has 1 saturated heterocycles. The highest BCUT2D eigenvalue weighted by Crippen LogP contribution is 2.58. The maximum Gasteiger partial charge on any atom is 0.241 e. The van der Waals surface area contributed by atoms with E-state index >= 15 is 0 Å². The zero-order chi connectivity index (χ0) is 15.9. The Morgan fingerprint density at radius 3 is 2.76 bits per heavy atom. The van der Waals surface area contributed by atoms with Crippen LogP contribution in [-0.4, -0.2) is 42.4 Å². The smallest absolute Gasteiger partial charge is 0.241 e. The predicted octanol–water partition coefficient (Wildman–Crippen LogP) is 1.04. The van der Waals surface area contributed by atoms with Crippen LogP contribution in [0.3, 0.4) is 0 Å². The second-order valence-electron chi connectivity index (χ2n) is 7.95. The molecule has 0 bridgehead atoms. The van der Waals surface area contributed by atoms with Crippen molar-refractivity contribution >= 4 is 5.91 Å². The van der Waals surface area contributed by atoms with Gasteiger partial charge in [-0.3, -0.25) is 4.79 Å². The summed E-state index contributed by atoms with van der Waals surface area (Å²) < 4.78 is 5.72. The van der Waals surface area contributed by atoms with E-state index in [1.54, 1.807) is 0 Å². The maximum atomic E-state index is 12.7. The van der Waals surface area contributed by atoms with Crippen LogP contribution < -0.4 is 11.1 Å². The summed E-state index contributed by atoms with van der Waals surface area (Å²) in [5.74, 6) is 0.0735. The minimum absolute atomic E-state index is 0.0335. The molecule has 1 saturated carbocycles. The summed E-state index contributed by atoms with van der Waals surface area (Å²) in [7, 11) is 0. The SMILES string of the molecule is CC(C)(CCCO)CNC(=O)C1(N)C2CCOC2C1(C)C. The molecule has 0 aromatic carbocycles. The highest BCUT2D eigenvalue weighted by molar-refractivity contribution is 5.89. The first-order valence-electron chi connectivity index (χ1n) is 7.96. The summed E-state index contributed by atoms with van der Waals surface area (Å²) >= 11 is 0. The molecule has 3 unspecified atom stereocenters. The monoisotopic (exact) mass is 298 g/mol. The normalized spacial score (nSPS) is 34.2. The van der Waals surface area contributed by atoms with Gasteiger partial charge in [0.1, 0.15) is 5.54 Å². The van der Waals surface area contributed by atoms with Crippen molar-refractivity contribution in [2.75, 3.05) is 19.8 Å². The fourth-order valence-corrected chi connectivity index (χ4v) is 3.96. The van der Waals surface area contributed by atoms with Gasteiger partial charge in [-0.25, -0.2) is 0 Å². The summed E-state index contributed by atoms with van der Waals surface area (Å²) in [6.45, 7) is 9.71. The molecule has 1 amide bonds. The molecule has 0 radical (unpaired) electrons. The molecule has 1 heterocycles. The number of carbonyl (C=O) groups excluding carboxylic acids is 1. The first kappa shape index (κ1) is 16.7. The van der Waals surface area contributed by atoms with Crippen molar-refractivity contribution in [1.29, 1.82) is 0 Å². The molecule has 5 nitrogen and oxygen atoms in total. The molecule has 5 heteroatoms. The van der Waals surface area contributed by atoms with Gasteiger partial charge >= 0.3 is 0 Å². The van der Waals surface area contributed by atoms with Crippen LogP contribution in [0.2, 0.25) is 0 Å². The number of hydrogen-bond acceptors (Lipinski definition) is 4. The zero-order valence-corrected chi connectivity index (χ0v) is 13.7. The summed E-state index contributed by atoms with van der Waals surface area (Å²) in [5.41, 5.74) is 5.32. The van der Waals surface area contributed by atoms with Crippen molar-refractivity contribution in [3.05, 3.63) is 0 Å². The van der Waals surface area contributed by atoms with Gasteiger partial charge in [-0.05, 0) is 24.7 Å². The van der Waals surface area contributed by atoms with Crippen molar-refractivity contribution in [2.45, 2.75) is 58.6 Å². The lowest BCUT2D eigenvalue weighted by atomic mass is 9.48. The number of aliphatic hydroxyl groups excluding tert-OH is 1. The number of aliphatic hydroxyl groups is 1. The molecule has 4 N–H and O–H groups in total. The highest BCUT2D eigenvalue weighted by Gasteiger charge is 2.71. The minimum Gasteiger partial charge on any atom is -0.396 e. The number of nitrogens with two attached hydrogens (primary N) is 1. The van der Waals surface area contributed by atoms with E-state index in [-0.39, 0.29) is 35.4 Å². The molecule has 0 spiro atoms. The molecule has 2 rings (SSSR count). The number of rotatable bonds is 6. The fourth-order valence-electron chi connectivity index (χ4n) is 3.96. The summed E-state index contributed by atoms with van der Waals surface area (Å²) in [5, 5.41) is 12.0. The average molecular weight is 298 g/mol. The standard InChI is InChI=1S/C16H30N2O3/c1-14(2,7-5-8-19)10-18-13(20)16(17)11-6-9-21-12(11)15(16,3)4/h11-12,19H,5-10,17H2,1-4H3,(H,18,20). The van der Waals surface area contributed by atoms with Crippen LogP contribution in [0, 0.1) is 16.7 Å². The van der Waals surface area contributed by atoms with E-state index in [9.17, 15) is 4.79 Å². The van der Waals surface area contributed by atoms with Crippen molar-refractivity contribution in [3.8, 4) is 0 Å². The second kappa shape index (κ2) is 5.52. The number of amides is 1. The van der Waals surface area contributed by atoms with Gasteiger partial charge in [-0.2, -0.15) is 0 Å². The van der Waals surface area contributed by atoms with Gasteiger partial charge in [0.15, 0.2) is 0 Å². The van der Waals surface area contributed by atoms with Crippen LogP contribution >= 0.6 is 0 Å². The Bertz CT molecular complexity index is 408. The molecular weight excluding hydrogens is 268 g/mol. The van der Waals surface area contributed by atoms with Gasteiger partial charge in [0.05, 0.1) is 6.10 Å². The van der Waals surface area contributed by atoms with Crippen LogP contribution in [0.25, 0.3) is 0 Å². The lowest BCUT2D eigenvalue weighted by molar-refractivity contribution is -0.175. The number of carbonyl (C=O) groups is 1. The third-order valence-electron chi connectivity index (χ3n) is 5.57. The maximum absolute atomic E-state index is 12.7. The van der Waals surface area contributed by atoms with Crippen molar-refractivity contribution in [3.63, 3.8) is 0 Å². The number of hydrogen-bond donors (Lipinski definition) is 3. The van der Waals surface area contributed by atoms with E-state index in [2.05, 4.69) is 19.2 Å². The van der Waals surface area contributed by atoms with Crippen LogP contribution in [0.4, 0.5) is 0 Å². The van der Waals surface area contributed by atoms with Gasteiger partial charge in [0.25, 0.3) is 0 Å².